The Morgan fingerprint density at radius 2 is 2.04 bits per heavy atom. The van der Waals surface area contributed by atoms with E-state index in [1.165, 1.54) is 37.4 Å². The molecule has 1 aromatic carbocycles. The van der Waals surface area contributed by atoms with Crippen molar-refractivity contribution in [1.29, 1.82) is 0 Å². The lowest BCUT2D eigenvalue weighted by atomic mass is 9.99. The number of ketones is 1. The predicted octanol–water partition coefficient (Wildman–Crippen LogP) is 2.13. The topological polar surface area (TPSA) is 88.5 Å². The molecule has 146 valence electrons. The van der Waals surface area contributed by atoms with Crippen molar-refractivity contribution < 1.29 is 23.8 Å². The lowest BCUT2D eigenvalue weighted by Crippen LogP contribution is -2.21. The van der Waals surface area contributed by atoms with Crippen LogP contribution in [0.25, 0.3) is 0 Å². The van der Waals surface area contributed by atoms with Crippen LogP contribution in [0, 0.1) is 23.6 Å². The number of nitrogens with zero attached hydrogens (tertiary/aromatic N) is 1. The van der Waals surface area contributed by atoms with Crippen molar-refractivity contribution >= 4 is 11.7 Å². The van der Waals surface area contributed by atoms with E-state index in [1.807, 2.05) is 0 Å². The smallest absolute Gasteiger partial charge is 0.269 e. The Kier molecular flexibility index (Phi) is 4.95. The SMILES string of the molecule is CNC(=O)c1cc(C(=O)CC2[C@H]3COC[C@@H]23)cc([C@H](O)c2cccc(F)c2)n1. The van der Waals surface area contributed by atoms with E-state index in [0.717, 1.165) is 0 Å². The Hall–Kier alpha value is -2.64. The molecule has 1 saturated carbocycles. The van der Waals surface area contributed by atoms with Crippen LogP contribution in [0.5, 0.6) is 0 Å². The molecule has 2 heterocycles. The van der Waals surface area contributed by atoms with Gasteiger partial charge < -0.3 is 15.2 Å². The predicted molar refractivity (Wildman–Crippen MR) is 98.3 cm³/mol. The maximum atomic E-state index is 13.5. The average Bonchev–Trinajstić information content (AvgIpc) is 3.12. The van der Waals surface area contributed by atoms with E-state index in [2.05, 4.69) is 10.3 Å². The van der Waals surface area contributed by atoms with E-state index >= 15 is 0 Å². The fourth-order valence-corrected chi connectivity index (χ4v) is 3.94. The summed E-state index contributed by atoms with van der Waals surface area (Å²) in [6.45, 7) is 1.40. The van der Waals surface area contributed by atoms with Gasteiger partial charge in [-0.05, 0) is 47.6 Å². The number of hydrogen-bond acceptors (Lipinski definition) is 5. The Bertz CT molecular complexity index is 922. The number of aliphatic hydroxyl groups is 1. The zero-order chi connectivity index (χ0) is 19.8. The molecule has 28 heavy (non-hydrogen) atoms. The highest BCUT2D eigenvalue weighted by Crippen LogP contribution is 2.52. The number of pyridine rings is 1. The number of carbonyl (C=O) groups is 2. The van der Waals surface area contributed by atoms with Gasteiger partial charge in [-0.2, -0.15) is 0 Å². The van der Waals surface area contributed by atoms with Crippen molar-refractivity contribution in [2.45, 2.75) is 12.5 Å². The lowest BCUT2D eigenvalue weighted by Gasteiger charge is -2.14. The van der Waals surface area contributed by atoms with Crippen LogP contribution >= 0.6 is 0 Å². The fraction of sp³-hybridized carbons (Fsp3) is 0.381. The first-order valence-corrected chi connectivity index (χ1v) is 9.26. The molecule has 6 nitrogen and oxygen atoms in total. The zero-order valence-electron chi connectivity index (χ0n) is 15.4. The summed E-state index contributed by atoms with van der Waals surface area (Å²) >= 11 is 0. The van der Waals surface area contributed by atoms with Gasteiger partial charge in [0, 0.05) is 19.0 Å². The van der Waals surface area contributed by atoms with Gasteiger partial charge in [-0.25, -0.2) is 9.37 Å². The number of hydrogen-bond donors (Lipinski definition) is 2. The van der Waals surface area contributed by atoms with Gasteiger partial charge in [0.2, 0.25) is 0 Å². The molecule has 1 saturated heterocycles. The van der Waals surface area contributed by atoms with Crippen molar-refractivity contribution in [3.8, 4) is 0 Å². The molecular formula is C21H21FN2O4. The molecule has 1 aliphatic heterocycles. The molecule has 4 rings (SSSR count). The molecule has 1 unspecified atom stereocenters. The average molecular weight is 384 g/mol. The van der Waals surface area contributed by atoms with Crippen LogP contribution in [0.15, 0.2) is 36.4 Å². The molecule has 1 aromatic heterocycles. The molecule has 2 fully saturated rings. The van der Waals surface area contributed by atoms with Gasteiger partial charge in [-0.3, -0.25) is 9.59 Å². The van der Waals surface area contributed by atoms with Crippen molar-refractivity contribution in [2.75, 3.05) is 20.3 Å². The number of ether oxygens (including phenoxy) is 1. The second-order valence-electron chi connectivity index (χ2n) is 7.36. The number of aromatic nitrogens is 1. The van der Waals surface area contributed by atoms with E-state index in [9.17, 15) is 19.1 Å². The van der Waals surface area contributed by atoms with Gasteiger partial charge in [-0.1, -0.05) is 12.1 Å². The van der Waals surface area contributed by atoms with Crippen LogP contribution in [-0.2, 0) is 4.74 Å². The first-order valence-electron chi connectivity index (χ1n) is 9.26. The van der Waals surface area contributed by atoms with Crippen LogP contribution in [0.2, 0.25) is 0 Å². The van der Waals surface area contributed by atoms with Gasteiger partial charge in [0.25, 0.3) is 5.91 Å². The third-order valence-corrected chi connectivity index (χ3v) is 5.62. The van der Waals surface area contributed by atoms with Crippen molar-refractivity contribution in [3.05, 3.63) is 64.7 Å². The summed E-state index contributed by atoms with van der Waals surface area (Å²) in [6.07, 6.45) is -0.869. The highest BCUT2D eigenvalue weighted by atomic mass is 19.1. The third kappa shape index (κ3) is 3.55. The Labute approximate surface area is 161 Å². The number of benzene rings is 1. The Morgan fingerprint density at radius 1 is 1.29 bits per heavy atom. The Morgan fingerprint density at radius 3 is 2.71 bits per heavy atom. The minimum absolute atomic E-state index is 0.0399. The van der Waals surface area contributed by atoms with Gasteiger partial charge in [0.05, 0.1) is 18.9 Å². The molecular weight excluding hydrogens is 363 g/mol. The number of nitrogens with one attached hydrogen (secondary N) is 1. The fourth-order valence-electron chi connectivity index (χ4n) is 3.94. The third-order valence-electron chi connectivity index (χ3n) is 5.62. The molecule has 1 aliphatic carbocycles. The van der Waals surface area contributed by atoms with E-state index < -0.39 is 17.8 Å². The van der Waals surface area contributed by atoms with E-state index in [4.69, 9.17) is 4.74 Å². The molecule has 2 N–H and O–H groups in total. The van der Waals surface area contributed by atoms with E-state index in [1.54, 1.807) is 6.07 Å². The first kappa shape index (κ1) is 18.7. The number of rotatable bonds is 6. The summed E-state index contributed by atoms with van der Waals surface area (Å²) in [5.74, 6) is 0.161. The summed E-state index contributed by atoms with van der Waals surface area (Å²) in [5, 5.41) is 13.1. The molecule has 0 bridgehead atoms. The second-order valence-corrected chi connectivity index (χ2v) is 7.36. The number of halogens is 1. The molecule has 2 aromatic rings. The largest absolute Gasteiger partial charge is 0.382 e. The van der Waals surface area contributed by atoms with E-state index in [-0.39, 0.29) is 17.2 Å². The number of carbonyl (C=O) groups excluding carboxylic acids is 2. The summed E-state index contributed by atoms with van der Waals surface area (Å²) < 4.78 is 18.9. The van der Waals surface area contributed by atoms with Crippen LogP contribution in [-0.4, -0.2) is 42.0 Å². The number of amides is 1. The second kappa shape index (κ2) is 7.41. The highest BCUT2D eigenvalue weighted by Gasteiger charge is 2.54. The van der Waals surface area contributed by atoms with E-state index in [0.29, 0.717) is 48.5 Å². The van der Waals surface area contributed by atoms with Crippen LogP contribution in [0.1, 0.15) is 44.6 Å². The first-order chi connectivity index (χ1) is 13.5. The summed E-state index contributed by atoms with van der Waals surface area (Å²) in [5.41, 5.74) is 0.797. The minimum Gasteiger partial charge on any atom is -0.382 e. The lowest BCUT2D eigenvalue weighted by molar-refractivity contribution is 0.0950. The zero-order valence-corrected chi connectivity index (χ0v) is 15.4. The standard InChI is InChI=1S/C21H21FN2O4/c1-23-21(27)18-7-12(19(25)8-14-15-9-28-10-16(14)15)6-17(24-18)20(26)11-3-2-4-13(22)5-11/h2-7,14-16,20,26H,8-10H2,1H3,(H,23,27)/t14?,15-,16+,20-/m1/s1. The van der Waals surface area contributed by atoms with Gasteiger partial charge in [0.1, 0.15) is 17.6 Å². The maximum absolute atomic E-state index is 13.5. The van der Waals surface area contributed by atoms with Gasteiger partial charge >= 0.3 is 0 Å². The number of Topliss-reactive ketones (excluding diaryl/α,β-unsaturated/α-hetero) is 1. The highest BCUT2D eigenvalue weighted by molar-refractivity contribution is 6.00. The molecule has 1 amide bonds. The summed E-state index contributed by atoms with van der Waals surface area (Å²) in [4.78, 5) is 29.1. The molecule has 7 heteroatoms. The normalized spacial score (nSPS) is 23.8. The number of aliphatic hydroxyl groups excluding tert-OH is 1. The van der Waals surface area contributed by atoms with Crippen molar-refractivity contribution in [1.82, 2.24) is 10.3 Å². The van der Waals surface area contributed by atoms with Crippen LogP contribution < -0.4 is 5.32 Å². The summed E-state index contributed by atoms with van der Waals surface area (Å²) in [7, 11) is 1.46. The van der Waals surface area contributed by atoms with Crippen molar-refractivity contribution in [3.63, 3.8) is 0 Å². The monoisotopic (exact) mass is 384 g/mol. The quantitative estimate of drug-likeness (QED) is 0.745. The Balaban J connectivity index is 1.63. The van der Waals surface area contributed by atoms with Crippen LogP contribution in [0.4, 0.5) is 4.39 Å². The minimum atomic E-state index is -1.25. The van der Waals surface area contributed by atoms with Crippen molar-refractivity contribution in [2.24, 2.45) is 17.8 Å². The number of fused-ring (bicyclic) bond motifs is 1. The molecule has 0 spiro atoms. The molecule has 2 aliphatic rings. The van der Waals surface area contributed by atoms with Gasteiger partial charge in [0.15, 0.2) is 5.78 Å². The molecule has 0 radical (unpaired) electrons. The molecule has 4 atom stereocenters. The maximum Gasteiger partial charge on any atom is 0.269 e. The summed E-state index contributed by atoms with van der Waals surface area (Å²) in [6, 6.07) is 8.45. The van der Waals surface area contributed by atoms with Crippen LogP contribution in [0.3, 0.4) is 0 Å². The van der Waals surface area contributed by atoms with Gasteiger partial charge in [-0.15, -0.1) is 0 Å².